The first kappa shape index (κ1) is 18.9. The molecule has 6 nitrogen and oxygen atoms in total. The fourth-order valence-electron chi connectivity index (χ4n) is 2.96. The third-order valence-corrected chi connectivity index (χ3v) is 4.64. The van der Waals surface area contributed by atoms with Gasteiger partial charge in [-0.15, -0.1) is 0 Å². The topological polar surface area (TPSA) is 76.0 Å². The van der Waals surface area contributed by atoms with Gasteiger partial charge in [-0.2, -0.15) is 5.10 Å². The number of nitrogens with zero attached hydrogens (tertiary/aromatic N) is 2. The zero-order chi connectivity index (χ0) is 19.4. The third-order valence-electron chi connectivity index (χ3n) is 4.64. The predicted molar refractivity (Wildman–Crippen MR) is 106 cm³/mol. The number of hydrogen-bond donors (Lipinski definition) is 2. The fraction of sp³-hybridized carbons (Fsp3) is 0.381. The lowest BCUT2D eigenvalue weighted by Crippen LogP contribution is -2.28. The van der Waals surface area contributed by atoms with E-state index in [-0.39, 0.29) is 23.6 Å². The predicted octanol–water partition coefficient (Wildman–Crippen LogP) is 2.91. The largest absolute Gasteiger partial charge is 0.354 e. The van der Waals surface area contributed by atoms with Gasteiger partial charge in [-0.05, 0) is 42.9 Å². The van der Waals surface area contributed by atoms with Crippen LogP contribution < -0.4 is 10.6 Å². The molecule has 0 aliphatic heterocycles. The fourth-order valence-corrected chi connectivity index (χ4v) is 2.96. The van der Waals surface area contributed by atoms with Crippen molar-refractivity contribution in [1.82, 2.24) is 20.4 Å². The van der Waals surface area contributed by atoms with Crippen molar-refractivity contribution in [3.63, 3.8) is 0 Å². The van der Waals surface area contributed by atoms with Gasteiger partial charge in [0, 0.05) is 19.2 Å². The van der Waals surface area contributed by atoms with Crippen LogP contribution in [0.2, 0.25) is 0 Å². The quantitative estimate of drug-likeness (QED) is 0.791. The summed E-state index contributed by atoms with van der Waals surface area (Å²) in [5.41, 5.74) is 4.01. The van der Waals surface area contributed by atoms with Gasteiger partial charge >= 0.3 is 0 Å². The molecule has 6 heteroatoms. The van der Waals surface area contributed by atoms with Gasteiger partial charge in [0.15, 0.2) is 5.69 Å². The number of aromatic nitrogens is 2. The molecular weight excluding hydrogens is 340 g/mol. The Bertz CT molecular complexity index is 878. The minimum absolute atomic E-state index is 0.182. The molecule has 0 saturated heterocycles. The molecule has 1 fully saturated rings. The minimum atomic E-state index is -0.301. The molecule has 0 unspecified atom stereocenters. The Labute approximate surface area is 159 Å². The summed E-state index contributed by atoms with van der Waals surface area (Å²) in [6, 6.07) is 7.91. The molecule has 3 rings (SSSR count). The van der Waals surface area contributed by atoms with E-state index in [0.717, 1.165) is 30.4 Å². The molecular formula is C21H26N4O2. The minimum Gasteiger partial charge on any atom is -0.354 e. The van der Waals surface area contributed by atoms with Crippen LogP contribution in [0.1, 0.15) is 63.9 Å². The molecule has 1 aliphatic carbocycles. The van der Waals surface area contributed by atoms with Gasteiger partial charge in [0.05, 0.1) is 6.54 Å². The second-order valence-electron chi connectivity index (χ2n) is 6.86. The first-order chi connectivity index (χ1) is 13.0. The summed E-state index contributed by atoms with van der Waals surface area (Å²) in [7, 11) is 1.56. The average molecular weight is 366 g/mol. The van der Waals surface area contributed by atoms with Crippen LogP contribution in [0.15, 0.2) is 30.3 Å². The van der Waals surface area contributed by atoms with Crippen LogP contribution in [0.4, 0.5) is 0 Å². The van der Waals surface area contributed by atoms with E-state index in [0.29, 0.717) is 12.2 Å². The Morgan fingerprint density at radius 1 is 1.30 bits per heavy atom. The standard InChI is InChI=1S/C21H26N4O2/c1-4-5-9-17-14(2)7-6-8-15(17)13-25-19(21(27)23-16-10-11-16)12-18(24-25)20(26)22-3/h5-9,12,16H,4,10-11,13H2,1-3H3,(H,22,26)(H,23,27)/b9-5-. The number of aryl methyl sites for hydroxylation is 1. The summed E-state index contributed by atoms with van der Waals surface area (Å²) >= 11 is 0. The molecule has 142 valence electrons. The van der Waals surface area contributed by atoms with E-state index in [4.69, 9.17) is 0 Å². The highest BCUT2D eigenvalue weighted by atomic mass is 16.2. The molecule has 2 amide bonds. The van der Waals surface area contributed by atoms with Crippen LogP contribution in [-0.4, -0.2) is 34.7 Å². The molecule has 1 aromatic carbocycles. The highest BCUT2D eigenvalue weighted by Gasteiger charge is 2.26. The number of carbonyl (C=O) groups excluding carboxylic acids is 2. The van der Waals surface area contributed by atoms with Crippen LogP contribution in [0.3, 0.4) is 0 Å². The first-order valence-corrected chi connectivity index (χ1v) is 9.39. The Morgan fingerprint density at radius 2 is 2.07 bits per heavy atom. The smallest absolute Gasteiger partial charge is 0.271 e. The molecule has 1 aromatic heterocycles. The Morgan fingerprint density at radius 3 is 2.74 bits per heavy atom. The van der Waals surface area contributed by atoms with Crippen molar-refractivity contribution in [2.24, 2.45) is 0 Å². The van der Waals surface area contributed by atoms with Crippen LogP contribution >= 0.6 is 0 Å². The van der Waals surface area contributed by atoms with Gasteiger partial charge in [-0.25, -0.2) is 0 Å². The molecule has 0 radical (unpaired) electrons. The molecule has 1 heterocycles. The normalized spacial score (nSPS) is 13.7. The van der Waals surface area contributed by atoms with Crippen LogP contribution in [0, 0.1) is 6.92 Å². The monoisotopic (exact) mass is 366 g/mol. The number of amides is 2. The van der Waals surface area contributed by atoms with Gasteiger partial charge in [-0.1, -0.05) is 37.3 Å². The van der Waals surface area contributed by atoms with E-state index in [1.165, 1.54) is 5.56 Å². The summed E-state index contributed by atoms with van der Waals surface area (Å²) in [5, 5.41) is 9.95. The lowest BCUT2D eigenvalue weighted by atomic mass is 10.0. The number of carbonyl (C=O) groups is 2. The van der Waals surface area contributed by atoms with E-state index in [2.05, 4.69) is 47.8 Å². The summed E-state index contributed by atoms with van der Waals surface area (Å²) in [5.74, 6) is -0.483. The van der Waals surface area contributed by atoms with Crippen molar-refractivity contribution < 1.29 is 9.59 Å². The highest BCUT2D eigenvalue weighted by Crippen LogP contribution is 2.21. The maximum atomic E-state index is 12.6. The molecule has 0 atom stereocenters. The van der Waals surface area contributed by atoms with Crippen molar-refractivity contribution in [2.75, 3.05) is 7.05 Å². The van der Waals surface area contributed by atoms with Crippen molar-refractivity contribution in [3.8, 4) is 0 Å². The van der Waals surface area contributed by atoms with Gasteiger partial charge in [0.1, 0.15) is 5.69 Å². The second-order valence-corrected chi connectivity index (χ2v) is 6.86. The van der Waals surface area contributed by atoms with Crippen molar-refractivity contribution in [1.29, 1.82) is 0 Å². The first-order valence-electron chi connectivity index (χ1n) is 9.39. The zero-order valence-electron chi connectivity index (χ0n) is 16.1. The van der Waals surface area contributed by atoms with E-state index in [1.54, 1.807) is 17.8 Å². The van der Waals surface area contributed by atoms with Crippen molar-refractivity contribution in [2.45, 2.75) is 45.7 Å². The Kier molecular flexibility index (Phi) is 5.74. The molecule has 1 aliphatic rings. The van der Waals surface area contributed by atoms with Gasteiger partial charge in [0.2, 0.25) is 0 Å². The maximum absolute atomic E-state index is 12.6. The SMILES string of the molecule is CC/C=C\c1c(C)cccc1Cn1nc(C(=O)NC)cc1C(=O)NC1CC1. The molecule has 2 aromatic rings. The number of hydrogen-bond acceptors (Lipinski definition) is 3. The van der Waals surface area contributed by atoms with Crippen molar-refractivity contribution >= 4 is 17.9 Å². The summed E-state index contributed by atoms with van der Waals surface area (Å²) in [4.78, 5) is 24.7. The van der Waals surface area contributed by atoms with Crippen LogP contribution in [-0.2, 0) is 6.54 Å². The summed E-state index contributed by atoms with van der Waals surface area (Å²) in [6.45, 7) is 4.59. The van der Waals surface area contributed by atoms with E-state index in [1.807, 2.05) is 12.1 Å². The van der Waals surface area contributed by atoms with Gasteiger partial charge < -0.3 is 10.6 Å². The van der Waals surface area contributed by atoms with Gasteiger partial charge in [0.25, 0.3) is 11.8 Å². The molecule has 27 heavy (non-hydrogen) atoms. The number of nitrogens with one attached hydrogen (secondary N) is 2. The molecule has 2 N–H and O–H groups in total. The lowest BCUT2D eigenvalue weighted by molar-refractivity contribution is 0.0937. The molecule has 0 spiro atoms. The average Bonchev–Trinajstić information content (AvgIpc) is 3.37. The molecule has 0 bridgehead atoms. The van der Waals surface area contributed by atoms with Crippen molar-refractivity contribution in [3.05, 3.63) is 58.4 Å². The maximum Gasteiger partial charge on any atom is 0.271 e. The summed E-state index contributed by atoms with van der Waals surface area (Å²) < 4.78 is 1.63. The number of rotatable bonds is 7. The zero-order valence-corrected chi connectivity index (χ0v) is 16.1. The highest BCUT2D eigenvalue weighted by molar-refractivity contribution is 5.98. The van der Waals surface area contributed by atoms with Crippen LogP contribution in [0.25, 0.3) is 6.08 Å². The van der Waals surface area contributed by atoms with E-state index >= 15 is 0 Å². The number of benzene rings is 1. The third kappa shape index (κ3) is 4.45. The molecule has 1 saturated carbocycles. The lowest BCUT2D eigenvalue weighted by Gasteiger charge is -2.12. The number of allylic oxidation sites excluding steroid dienone is 1. The summed E-state index contributed by atoms with van der Waals surface area (Å²) in [6.07, 6.45) is 7.19. The second kappa shape index (κ2) is 8.20. The van der Waals surface area contributed by atoms with Crippen LogP contribution in [0.5, 0.6) is 0 Å². The Balaban J connectivity index is 1.97. The van der Waals surface area contributed by atoms with E-state index < -0.39 is 0 Å². The van der Waals surface area contributed by atoms with E-state index in [9.17, 15) is 9.59 Å². The van der Waals surface area contributed by atoms with Gasteiger partial charge in [-0.3, -0.25) is 14.3 Å². The Hall–Kier alpha value is -2.89.